The van der Waals surface area contributed by atoms with Gasteiger partial charge in [0.05, 0.1) is 12.1 Å². The zero-order valence-electron chi connectivity index (χ0n) is 15.5. The molecule has 3 atom stereocenters. The van der Waals surface area contributed by atoms with Gasteiger partial charge in [0.15, 0.2) is 0 Å². The van der Waals surface area contributed by atoms with Gasteiger partial charge in [0.1, 0.15) is 11.9 Å². The molecule has 1 saturated heterocycles. The molecule has 4 rings (SSSR count). The third-order valence-electron chi connectivity index (χ3n) is 5.35. The molecule has 1 aliphatic heterocycles. The van der Waals surface area contributed by atoms with E-state index in [4.69, 9.17) is 27.9 Å². The summed E-state index contributed by atoms with van der Waals surface area (Å²) in [5, 5.41) is 14.0. The first-order valence-electron chi connectivity index (χ1n) is 9.35. The van der Waals surface area contributed by atoms with Gasteiger partial charge in [-0.15, -0.1) is 0 Å². The maximum Gasteiger partial charge on any atom is 0.221 e. The second kappa shape index (κ2) is 7.91. The van der Waals surface area contributed by atoms with E-state index in [2.05, 4.69) is 10.2 Å². The largest absolute Gasteiger partial charge is 0.484 e. The molecule has 5 nitrogen and oxygen atoms in total. The summed E-state index contributed by atoms with van der Waals surface area (Å²) < 4.78 is 6.40. The number of rotatable bonds is 4. The summed E-state index contributed by atoms with van der Waals surface area (Å²) in [4.78, 5) is 13.6. The highest BCUT2D eigenvalue weighted by atomic mass is 35.5. The second-order valence-electron chi connectivity index (χ2n) is 7.41. The molecular formula is C21H22Cl2N2O3. The van der Waals surface area contributed by atoms with E-state index in [9.17, 15) is 9.90 Å². The molecule has 0 spiro atoms. The van der Waals surface area contributed by atoms with E-state index < -0.39 is 0 Å². The number of likely N-dealkylation sites (tertiary alicyclic amines) is 1. The van der Waals surface area contributed by atoms with Crippen LogP contribution in [0.3, 0.4) is 0 Å². The van der Waals surface area contributed by atoms with Crippen molar-refractivity contribution in [2.45, 2.75) is 38.0 Å². The lowest BCUT2D eigenvalue weighted by Crippen LogP contribution is -2.39. The second-order valence-corrected chi connectivity index (χ2v) is 8.26. The Morgan fingerprint density at radius 1 is 1.29 bits per heavy atom. The van der Waals surface area contributed by atoms with Crippen molar-refractivity contribution in [3.63, 3.8) is 0 Å². The standard InChI is InChI=1S/C21H22Cl2N2O3/c1-12(26)24-14-3-2-4-16(9-14)28-21-18-7-13(22)8-19(23)17(18)10-20(21)25-6-5-15(27)11-25/h2-4,7-9,15,20-21,27H,5-6,10-11H2,1H3,(H,24,26)/t15-,20-,21+/m1/s1. The summed E-state index contributed by atoms with van der Waals surface area (Å²) in [5.74, 6) is 0.524. The maximum absolute atomic E-state index is 11.4. The molecule has 0 unspecified atom stereocenters. The van der Waals surface area contributed by atoms with E-state index in [0.717, 1.165) is 30.5 Å². The number of hydrogen-bond donors (Lipinski definition) is 2. The summed E-state index contributed by atoms with van der Waals surface area (Å²) >= 11 is 12.7. The summed E-state index contributed by atoms with van der Waals surface area (Å²) in [7, 11) is 0. The zero-order valence-corrected chi connectivity index (χ0v) is 17.0. The number of nitrogens with one attached hydrogen (secondary N) is 1. The quantitative estimate of drug-likeness (QED) is 0.782. The van der Waals surface area contributed by atoms with Crippen LogP contribution in [0.1, 0.15) is 30.6 Å². The van der Waals surface area contributed by atoms with Crippen LogP contribution in [0, 0.1) is 0 Å². The van der Waals surface area contributed by atoms with E-state index in [1.165, 1.54) is 6.92 Å². The van der Waals surface area contributed by atoms with Crippen molar-refractivity contribution in [3.05, 3.63) is 57.6 Å². The number of nitrogens with zero attached hydrogens (tertiary/aromatic N) is 1. The van der Waals surface area contributed by atoms with Gasteiger partial charge in [-0.2, -0.15) is 0 Å². The molecule has 2 aliphatic rings. The molecule has 1 heterocycles. The Balaban J connectivity index is 1.66. The Kier molecular flexibility index (Phi) is 5.52. The molecule has 0 bridgehead atoms. The van der Waals surface area contributed by atoms with Gasteiger partial charge in [-0.25, -0.2) is 0 Å². The highest BCUT2D eigenvalue weighted by Crippen LogP contribution is 2.43. The van der Waals surface area contributed by atoms with E-state index in [1.54, 1.807) is 12.1 Å². The number of anilines is 1. The fourth-order valence-corrected chi connectivity index (χ4v) is 4.73. The molecule has 1 fully saturated rings. The number of aliphatic hydroxyl groups is 1. The molecule has 0 saturated carbocycles. The topological polar surface area (TPSA) is 61.8 Å². The van der Waals surface area contributed by atoms with Gasteiger partial charge >= 0.3 is 0 Å². The lowest BCUT2D eigenvalue weighted by molar-refractivity contribution is -0.114. The Bertz CT molecular complexity index is 905. The summed E-state index contributed by atoms with van der Waals surface area (Å²) in [5.41, 5.74) is 2.70. The summed E-state index contributed by atoms with van der Waals surface area (Å²) in [6.07, 6.45) is 0.927. The van der Waals surface area contributed by atoms with E-state index in [-0.39, 0.29) is 24.2 Å². The van der Waals surface area contributed by atoms with Crippen LogP contribution in [-0.4, -0.2) is 41.1 Å². The number of ether oxygens (including phenoxy) is 1. The number of carbonyl (C=O) groups is 1. The molecule has 0 aromatic heterocycles. The fraction of sp³-hybridized carbons (Fsp3) is 0.381. The molecule has 2 N–H and O–H groups in total. The Morgan fingerprint density at radius 3 is 2.82 bits per heavy atom. The number of β-amino-alcohol motifs (C(OH)–C–C–N with tert-alkyl or cyclic N) is 1. The molecule has 1 aliphatic carbocycles. The van der Waals surface area contributed by atoms with Gasteiger partial charge < -0.3 is 15.2 Å². The Hall–Kier alpha value is -1.79. The first kappa shape index (κ1) is 19.5. The summed E-state index contributed by atoms with van der Waals surface area (Å²) in [6, 6.07) is 11.1. The van der Waals surface area contributed by atoms with Crippen molar-refractivity contribution < 1.29 is 14.6 Å². The van der Waals surface area contributed by atoms with Gasteiger partial charge in [0, 0.05) is 47.4 Å². The number of hydrogen-bond acceptors (Lipinski definition) is 4. The SMILES string of the molecule is CC(=O)Nc1cccc(O[C@H]2c3cc(Cl)cc(Cl)c3C[C@H]2N2CC[C@@H](O)C2)c1. The Labute approximate surface area is 174 Å². The number of fused-ring (bicyclic) bond motifs is 1. The number of carbonyl (C=O) groups excluding carboxylic acids is 1. The minimum atomic E-state index is -0.313. The highest BCUT2D eigenvalue weighted by molar-refractivity contribution is 6.35. The Morgan fingerprint density at radius 2 is 2.11 bits per heavy atom. The van der Waals surface area contributed by atoms with Crippen LogP contribution in [0.5, 0.6) is 5.75 Å². The average Bonchev–Trinajstić information content (AvgIpc) is 3.19. The van der Waals surface area contributed by atoms with E-state index >= 15 is 0 Å². The monoisotopic (exact) mass is 420 g/mol. The van der Waals surface area contributed by atoms with Gasteiger partial charge in [-0.05, 0) is 42.7 Å². The zero-order chi connectivity index (χ0) is 19.8. The van der Waals surface area contributed by atoms with Crippen LogP contribution in [0.2, 0.25) is 10.0 Å². The van der Waals surface area contributed by atoms with Crippen molar-refractivity contribution in [1.29, 1.82) is 0 Å². The molecule has 148 valence electrons. The first-order valence-corrected chi connectivity index (χ1v) is 10.1. The normalized spacial score (nSPS) is 24.2. The average molecular weight is 421 g/mol. The molecule has 2 aromatic carbocycles. The van der Waals surface area contributed by atoms with Gasteiger partial charge in [-0.3, -0.25) is 9.69 Å². The highest BCUT2D eigenvalue weighted by Gasteiger charge is 2.41. The summed E-state index contributed by atoms with van der Waals surface area (Å²) in [6.45, 7) is 2.91. The first-order chi connectivity index (χ1) is 13.4. The smallest absolute Gasteiger partial charge is 0.221 e. The molecular weight excluding hydrogens is 399 g/mol. The molecule has 1 amide bonds. The lowest BCUT2D eigenvalue weighted by atomic mass is 10.1. The molecule has 7 heteroatoms. The van der Waals surface area contributed by atoms with Crippen molar-refractivity contribution in [2.24, 2.45) is 0 Å². The van der Waals surface area contributed by atoms with Gasteiger partial charge in [0.25, 0.3) is 0 Å². The minimum Gasteiger partial charge on any atom is -0.484 e. The van der Waals surface area contributed by atoms with E-state index in [1.807, 2.05) is 24.3 Å². The van der Waals surface area contributed by atoms with Crippen molar-refractivity contribution >= 4 is 34.8 Å². The number of aliphatic hydroxyl groups excluding tert-OH is 1. The van der Waals surface area contributed by atoms with Crippen LogP contribution < -0.4 is 10.1 Å². The molecule has 0 radical (unpaired) electrons. The van der Waals surface area contributed by atoms with E-state index in [0.29, 0.717) is 28.0 Å². The number of halogens is 2. The predicted molar refractivity (Wildman–Crippen MR) is 110 cm³/mol. The minimum absolute atomic E-state index is 0.0625. The van der Waals surface area contributed by atoms with Crippen LogP contribution in [0.25, 0.3) is 0 Å². The number of benzene rings is 2. The molecule has 2 aromatic rings. The fourth-order valence-electron chi connectivity index (χ4n) is 4.15. The predicted octanol–water partition coefficient (Wildman–Crippen LogP) is 4.06. The van der Waals surface area contributed by atoms with Crippen molar-refractivity contribution in [3.8, 4) is 5.75 Å². The molecule has 28 heavy (non-hydrogen) atoms. The van der Waals surface area contributed by atoms with Crippen LogP contribution in [0.15, 0.2) is 36.4 Å². The number of amides is 1. The van der Waals surface area contributed by atoms with Crippen LogP contribution in [-0.2, 0) is 11.2 Å². The van der Waals surface area contributed by atoms with Gasteiger partial charge in [0.2, 0.25) is 5.91 Å². The third-order valence-corrected chi connectivity index (χ3v) is 5.90. The maximum atomic E-state index is 11.4. The van der Waals surface area contributed by atoms with Crippen molar-refractivity contribution in [1.82, 2.24) is 4.90 Å². The third kappa shape index (κ3) is 3.98. The van der Waals surface area contributed by atoms with Crippen LogP contribution in [0.4, 0.5) is 5.69 Å². The van der Waals surface area contributed by atoms with Crippen LogP contribution >= 0.6 is 23.2 Å². The van der Waals surface area contributed by atoms with Gasteiger partial charge in [-0.1, -0.05) is 29.3 Å². The van der Waals surface area contributed by atoms with Crippen molar-refractivity contribution in [2.75, 3.05) is 18.4 Å². The lowest BCUT2D eigenvalue weighted by Gasteiger charge is -2.30.